The van der Waals surface area contributed by atoms with Gasteiger partial charge in [-0.2, -0.15) is 0 Å². The van der Waals surface area contributed by atoms with Crippen molar-refractivity contribution in [3.05, 3.63) is 46.2 Å². The predicted molar refractivity (Wildman–Crippen MR) is 108 cm³/mol. The molecule has 2 amide bonds. The largest absolute Gasteiger partial charge is 0.338 e. The second-order valence-corrected chi connectivity index (χ2v) is 8.06. The van der Waals surface area contributed by atoms with Gasteiger partial charge in [0.15, 0.2) is 0 Å². The van der Waals surface area contributed by atoms with Gasteiger partial charge in [-0.25, -0.2) is 9.67 Å². The smallest absolute Gasteiger partial charge is 0.265 e. The van der Waals surface area contributed by atoms with Gasteiger partial charge in [-0.1, -0.05) is 23.7 Å². The third kappa shape index (κ3) is 4.28. The van der Waals surface area contributed by atoms with Crippen LogP contribution in [-0.2, 0) is 11.3 Å². The number of piperazine rings is 1. The first kappa shape index (κ1) is 19.5. The highest BCUT2D eigenvalue weighted by Gasteiger charge is 2.27. The van der Waals surface area contributed by atoms with Crippen molar-refractivity contribution in [1.29, 1.82) is 0 Å². The van der Waals surface area contributed by atoms with E-state index in [1.165, 1.54) is 22.3 Å². The summed E-state index contributed by atoms with van der Waals surface area (Å²) in [5.74, 6) is -0.123. The molecule has 0 aliphatic carbocycles. The lowest BCUT2D eigenvalue weighted by Crippen LogP contribution is -2.51. The molecule has 0 saturated carbocycles. The minimum absolute atomic E-state index is 0.0548. The molecule has 3 aromatic rings. The van der Waals surface area contributed by atoms with Gasteiger partial charge in [0.05, 0.1) is 5.69 Å². The molecule has 150 valence electrons. The second-order valence-electron chi connectivity index (χ2n) is 6.62. The van der Waals surface area contributed by atoms with Crippen molar-refractivity contribution in [2.24, 2.45) is 0 Å². The van der Waals surface area contributed by atoms with Gasteiger partial charge in [-0.3, -0.25) is 9.59 Å². The minimum atomic E-state index is -0.0680. The fourth-order valence-electron chi connectivity index (χ4n) is 3.13. The topological polar surface area (TPSA) is 97.1 Å². The SMILES string of the molecule is Cc1nc(-c2cccc(Cl)c2)sc1C(=O)N1CCN(C(=O)Cn2cnnn2)CC1. The average Bonchev–Trinajstić information content (AvgIpc) is 3.37. The zero-order chi connectivity index (χ0) is 20.4. The summed E-state index contributed by atoms with van der Waals surface area (Å²) in [6.07, 6.45) is 1.40. The Morgan fingerprint density at radius 2 is 1.93 bits per heavy atom. The molecule has 1 aliphatic heterocycles. The van der Waals surface area contributed by atoms with Gasteiger partial charge >= 0.3 is 0 Å². The average molecular weight is 432 g/mol. The van der Waals surface area contributed by atoms with E-state index in [1.807, 2.05) is 25.1 Å². The van der Waals surface area contributed by atoms with Crippen molar-refractivity contribution in [2.45, 2.75) is 13.5 Å². The van der Waals surface area contributed by atoms with Crippen molar-refractivity contribution in [2.75, 3.05) is 26.2 Å². The summed E-state index contributed by atoms with van der Waals surface area (Å²) in [6.45, 7) is 3.84. The summed E-state index contributed by atoms with van der Waals surface area (Å²) in [7, 11) is 0. The van der Waals surface area contributed by atoms with E-state index in [0.29, 0.717) is 41.8 Å². The highest BCUT2D eigenvalue weighted by atomic mass is 35.5. The Morgan fingerprint density at radius 3 is 2.62 bits per heavy atom. The van der Waals surface area contributed by atoms with Crippen LogP contribution in [0.4, 0.5) is 0 Å². The summed E-state index contributed by atoms with van der Waals surface area (Å²) in [6, 6.07) is 7.43. The Morgan fingerprint density at radius 1 is 1.17 bits per heavy atom. The lowest BCUT2D eigenvalue weighted by Gasteiger charge is -2.34. The number of thiazole rings is 1. The van der Waals surface area contributed by atoms with Crippen LogP contribution >= 0.6 is 22.9 Å². The molecule has 9 nitrogen and oxygen atoms in total. The molecular formula is C18H18ClN7O2S. The van der Waals surface area contributed by atoms with Crippen LogP contribution in [0.15, 0.2) is 30.6 Å². The van der Waals surface area contributed by atoms with Gasteiger partial charge in [0.2, 0.25) is 5.91 Å². The Balaban J connectivity index is 1.40. The van der Waals surface area contributed by atoms with E-state index in [0.717, 1.165) is 10.6 Å². The molecule has 0 bridgehead atoms. The van der Waals surface area contributed by atoms with Gasteiger partial charge in [0.1, 0.15) is 22.8 Å². The maximum absolute atomic E-state index is 13.0. The Kier molecular flexibility index (Phi) is 5.54. The molecule has 0 N–H and O–H groups in total. The number of hydrogen-bond acceptors (Lipinski definition) is 7. The lowest BCUT2D eigenvalue weighted by atomic mass is 10.2. The standard InChI is InChI=1S/C18H18ClN7O2S/c1-12-16(29-17(21-12)13-3-2-4-14(19)9-13)18(28)25-7-5-24(6-8-25)15(27)10-26-11-20-22-23-26/h2-4,9,11H,5-8,10H2,1H3. The number of aromatic nitrogens is 5. The number of nitrogens with zero attached hydrogens (tertiary/aromatic N) is 7. The van der Waals surface area contributed by atoms with Crippen molar-refractivity contribution in [3.63, 3.8) is 0 Å². The normalized spacial score (nSPS) is 14.3. The molecule has 1 fully saturated rings. The van der Waals surface area contributed by atoms with Gasteiger partial charge < -0.3 is 9.80 Å². The van der Waals surface area contributed by atoms with Crippen molar-refractivity contribution in [1.82, 2.24) is 35.0 Å². The number of carbonyl (C=O) groups excluding carboxylic acids is 2. The third-order valence-corrected chi connectivity index (χ3v) is 6.10. The number of rotatable bonds is 4. The van der Waals surface area contributed by atoms with E-state index < -0.39 is 0 Å². The first-order valence-corrected chi connectivity index (χ1v) is 10.2. The molecule has 3 heterocycles. The number of amides is 2. The van der Waals surface area contributed by atoms with Crippen LogP contribution in [0.25, 0.3) is 10.6 Å². The summed E-state index contributed by atoms with van der Waals surface area (Å²) in [5.41, 5.74) is 1.59. The maximum atomic E-state index is 13.0. The summed E-state index contributed by atoms with van der Waals surface area (Å²) < 4.78 is 1.39. The summed E-state index contributed by atoms with van der Waals surface area (Å²) in [4.78, 5) is 34.0. The fraction of sp³-hybridized carbons (Fsp3) is 0.333. The number of carbonyl (C=O) groups is 2. The third-order valence-electron chi connectivity index (χ3n) is 4.67. The summed E-state index contributed by atoms with van der Waals surface area (Å²) in [5, 5.41) is 12.1. The number of benzene rings is 1. The Labute approximate surface area is 175 Å². The lowest BCUT2D eigenvalue weighted by molar-refractivity contribution is -0.133. The van der Waals surface area contributed by atoms with Crippen LogP contribution in [-0.4, -0.2) is 73.0 Å². The molecule has 0 radical (unpaired) electrons. The van der Waals surface area contributed by atoms with Crippen molar-refractivity contribution < 1.29 is 9.59 Å². The molecular weight excluding hydrogens is 414 g/mol. The molecule has 1 aliphatic rings. The maximum Gasteiger partial charge on any atom is 0.265 e. The molecule has 29 heavy (non-hydrogen) atoms. The molecule has 1 saturated heterocycles. The second kappa shape index (κ2) is 8.26. The molecule has 0 atom stereocenters. The molecule has 4 rings (SSSR count). The molecule has 2 aromatic heterocycles. The number of aryl methyl sites for hydroxylation is 1. The number of halogens is 1. The molecule has 0 unspecified atom stereocenters. The fourth-order valence-corrected chi connectivity index (χ4v) is 4.35. The first-order valence-electron chi connectivity index (χ1n) is 9.02. The Hall–Kier alpha value is -2.85. The van der Waals surface area contributed by atoms with E-state index in [-0.39, 0.29) is 18.4 Å². The van der Waals surface area contributed by atoms with E-state index in [9.17, 15) is 9.59 Å². The van der Waals surface area contributed by atoms with Crippen LogP contribution in [0.1, 0.15) is 15.4 Å². The van der Waals surface area contributed by atoms with Crippen LogP contribution in [0.2, 0.25) is 5.02 Å². The minimum Gasteiger partial charge on any atom is -0.338 e. The summed E-state index contributed by atoms with van der Waals surface area (Å²) >= 11 is 7.43. The van der Waals surface area contributed by atoms with Gasteiger partial charge in [0, 0.05) is 36.8 Å². The molecule has 1 aromatic carbocycles. The van der Waals surface area contributed by atoms with Crippen LogP contribution in [0.3, 0.4) is 0 Å². The van der Waals surface area contributed by atoms with Crippen LogP contribution in [0, 0.1) is 6.92 Å². The first-order chi connectivity index (χ1) is 14.0. The van der Waals surface area contributed by atoms with E-state index >= 15 is 0 Å². The molecule has 0 spiro atoms. The Bertz CT molecular complexity index is 1030. The van der Waals surface area contributed by atoms with E-state index in [1.54, 1.807) is 15.9 Å². The highest BCUT2D eigenvalue weighted by Crippen LogP contribution is 2.30. The highest BCUT2D eigenvalue weighted by molar-refractivity contribution is 7.17. The monoisotopic (exact) mass is 431 g/mol. The predicted octanol–water partition coefficient (Wildman–Crippen LogP) is 1.74. The van der Waals surface area contributed by atoms with E-state index in [4.69, 9.17) is 11.6 Å². The van der Waals surface area contributed by atoms with Crippen LogP contribution < -0.4 is 0 Å². The van der Waals surface area contributed by atoms with Gasteiger partial charge in [-0.15, -0.1) is 16.4 Å². The zero-order valence-electron chi connectivity index (χ0n) is 15.7. The zero-order valence-corrected chi connectivity index (χ0v) is 17.2. The van der Waals surface area contributed by atoms with E-state index in [2.05, 4.69) is 20.5 Å². The number of tetrazole rings is 1. The molecule has 11 heteroatoms. The van der Waals surface area contributed by atoms with Gasteiger partial charge in [-0.05, 0) is 29.5 Å². The van der Waals surface area contributed by atoms with Crippen LogP contribution in [0.5, 0.6) is 0 Å². The van der Waals surface area contributed by atoms with Crippen molar-refractivity contribution in [3.8, 4) is 10.6 Å². The number of hydrogen-bond donors (Lipinski definition) is 0. The quantitative estimate of drug-likeness (QED) is 0.624. The van der Waals surface area contributed by atoms with Gasteiger partial charge in [0.25, 0.3) is 5.91 Å². The van der Waals surface area contributed by atoms with Crippen molar-refractivity contribution >= 4 is 34.8 Å².